The Morgan fingerprint density at radius 2 is 1.70 bits per heavy atom. The van der Waals surface area contributed by atoms with Crippen LogP contribution in [0.3, 0.4) is 0 Å². The average molecular weight is 407 g/mol. The Morgan fingerprint density at radius 1 is 0.967 bits per heavy atom. The molecule has 1 aliphatic carbocycles. The Bertz CT molecular complexity index is 798. The van der Waals surface area contributed by atoms with E-state index in [-0.39, 0.29) is 24.5 Å². The van der Waals surface area contributed by atoms with Crippen molar-refractivity contribution >= 4 is 17.4 Å². The Labute approximate surface area is 180 Å². The standard InChI is InChI=1S/C26H34N2O2/c1-28(24-9-3-2-4-10-24)20-6-19-27-26(30)18-17-25(29)23-15-13-22(14-16-23)8-5-7-21-11-12-21/h2-4,9-10,13-16,21H,5-8,11-12,17-20H2,1H3,(H,27,30). The topological polar surface area (TPSA) is 49.4 Å². The first-order valence-electron chi connectivity index (χ1n) is 11.3. The molecule has 0 unspecified atom stereocenters. The second-order valence-electron chi connectivity index (χ2n) is 8.42. The van der Waals surface area contributed by atoms with Gasteiger partial charge in [-0.2, -0.15) is 0 Å². The van der Waals surface area contributed by atoms with Crippen LogP contribution in [-0.2, 0) is 11.2 Å². The second kappa shape index (κ2) is 11.5. The highest BCUT2D eigenvalue weighted by Crippen LogP contribution is 2.33. The van der Waals surface area contributed by atoms with E-state index in [4.69, 9.17) is 0 Å². The Hall–Kier alpha value is -2.62. The predicted molar refractivity (Wildman–Crippen MR) is 123 cm³/mol. The van der Waals surface area contributed by atoms with Crippen LogP contribution in [0.5, 0.6) is 0 Å². The summed E-state index contributed by atoms with van der Waals surface area (Å²) in [6.07, 6.45) is 7.85. The number of hydrogen-bond donors (Lipinski definition) is 1. The van der Waals surface area contributed by atoms with Gasteiger partial charge >= 0.3 is 0 Å². The molecule has 1 amide bonds. The van der Waals surface area contributed by atoms with Crippen molar-refractivity contribution < 1.29 is 9.59 Å². The molecule has 4 heteroatoms. The Kier molecular flexibility index (Phi) is 8.49. The molecule has 30 heavy (non-hydrogen) atoms. The summed E-state index contributed by atoms with van der Waals surface area (Å²) in [7, 11) is 2.05. The summed E-state index contributed by atoms with van der Waals surface area (Å²) in [5, 5.41) is 2.92. The highest BCUT2D eigenvalue weighted by molar-refractivity contribution is 5.97. The molecule has 0 bridgehead atoms. The van der Waals surface area contributed by atoms with Crippen LogP contribution < -0.4 is 10.2 Å². The molecular weight excluding hydrogens is 372 g/mol. The van der Waals surface area contributed by atoms with E-state index in [1.807, 2.05) is 37.4 Å². The zero-order valence-electron chi connectivity index (χ0n) is 18.1. The van der Waals surface area contributed by atoms with E-state index >= 15 is 0 Å². The highest BCUT2D eigenvalue weighted by Gasteiger charge is 2.20. The maximum absolute atomic E-state index is 12.4. The van der Waals surface area contributed by atoms with Gasteiger partial charge < -0.3 is 10.2 Å². The molecular formula is C26H34N2O2. The van der Waals surface area contributed by atoms with Crippen LogP contribution in [0.1, 0.15) is 60.9 Å². The number of carbonyl (C=O) groups excluding carboxylic acids is 2. The monoisotopic (exact) mass is 406 g/mol. The molecule has 0 radical (unpaired) electrons. The molecule has 4 nitrogen and oxygen atoms in total. The fourth-order valence-corrected chi connectivity index (χ4v) is 3.67. The van der Waals surface area contributed by atoms with Gasteiger partial charge in [-0.1, -0.05) is 61.7 Å². The number of para-hydroxylation sites is 1. The van der Waals surface area contributed by atoms with Crippen molar-refractivity contribution in [1.29, 1.82) is 0 Å². The molecule has 0 heterocycles. The highest BCUT2D eigenvalue weighted by atomic mass is 16.2. The molecule has 0 atom stereocenters. The second-order valence-corrected chi connectivity index (χ2v) is 8.42. The molecule has 0 aliphatic heterocycles. The summed E-state index contributed by atoms with van der Waals surface area (Å²) in [6, 6.07) is 18.1. The van der Waals surface area contributed by atoms with Gasteiger partial charge in [0.25, 0.3) is 0 Å². The number of benzene rings is 2. The molecule has 1 saturated carbocycles. The lowest BCUT2D eigenvalue weighted by molar-refractivity contribution is -0.121. The number of aryl methyl sites for hydroxylation is 1. The minimum atomic E-state index is -0.0533. The van der Waals surface area contributed by atoms with Crippen LogP contribution in [0.2, 0.25) is 0 Å². The first-order chi connectivity index (χ1) is 14.6. The Morgan fingerprint density at radius 3 is 2.40 bits per heavy atom. The van der Waals surface area contributed by atoms with E-state index in [9.17, 15) is 9.59 Å². The van der Waals surface area contributed by atoms with Crippen LogP contribution in [0.4, 0.5) is 5.69 Å². The van der Waals surface area contributed by atoms with Gasteiger partial charge in [0.15, 0.2) is 5.78 Å². The predicted octanol–water partition coefficient (Wildman–Crippen LogP) is 5.02. The number of amides is 1. The molecule has 1 N–H and O–H groups in total. The van der Waals surface area contributed by atoms with Crippen molar-refractivity contribution in [1.82, 2.24) is 5.32 Å². The molecule has 1 aliphatic rings. The summed E-state index contributed by atoms with van der Waals surface area (Å²) < 4.78 is 0. The molecule has 0 aromatic heterocycles. The lowest BCUT2D eigenvalue weighted by Crippen LogP contribution is -2.28. The zero-order chi connectivity index (χ0) is 21.2. The van der Waals surface area contributed by atoms with Gasteiger partial charge in [0.05, 0.1) is 0 Å². The molecule has 1 fully saturated rings. The number of hydrogen-bond acceptors (Lipinski definition) is 3. The van der Waals surface area contributed by atoms with Crippen LogP contribution in [0.15, 0.2) is 54.6 Å². The van der Waals surface area contributed by atoms with Crippen molar-refractivity contribution in [2.45, 2.75) is 51.4 Å². The van der Waals surface area contributed by atoms with Gasteiger partial charge in [-0.05, 0) is 42.9 Å². The minimum absolute atomic E-state index is 0.0403. The van der Waals surface area contributed by atoms with Gasteiger partial charge in [0.1, 0.15) is 0 Å². The van der Waals surface area contributed by atoms with E-state index in [0.29, 0.717) is 12.1 Å². The SMILES string of the molecule is CN(CCCNC(=O)CCC(=O)c1ccc(CCCC2CC2)cc1)c1ccccc1. The molecule has 2 aromatic rings. The largest absolute Gasteiger partial charge is 0.375 e. The number of carbonyl (C=O) groups is 2. The summed E-state index contributed by atoms with van der Waals surface area (Å²) >= 11 is 0. The van der Waals surface area contributed by atoms with Crippen molar-refractivity contribution in [3.8, 4) is 0 Å². The first-order valence-corrected chi connectivity index (χ1v) is 11.3. The van der Waals surface area contributed by atoms with Gasteiger partial charge in [0, 0.05) is 44.2 Å². The quantitative estimate of drug-likeness (QED) is 0.375. The van der Waals surface area contributed by atoms with E-state index < -0.39 is 0 Å². The van der Waals surface area contributed by atoms with E-state index in [1.165, 1.54) is 36.9 Å². The van der Waals surface area contributed by atoms with Gasteiger partial charge in [-0.3, -0.25) is 9.59 Å². The van der Waals surface area contributed by atoms with Crippen LogP contribution in [0.25, 0.3) is 0 Å². The van der Waals surface area contributed by atoms with Crippen molar-refractivity contribution in [2.24, 2.45) is 5.92 Å². The van der Waals surface area contributed by atoms with E-state index in [0.717, 1.165) is 25.3 Å². The van der Waals surface area contributed by atoms with Gasteiger partial charge in [0.2, 0.25) is 5.91 Å². The summed E-state index contributed by atoms with van der Waals surface area (Å²) in [5.41, 5.74) is 3.17. The average Bonchev–Trinajstić information content (AvgIpc) is 3.60. The third kappa shape index (κ3) is 7.66. The smallest absolute Gasteiger partial charge is 0.220 e. The molecule has 160 valence electrons. The van der Waals surface area contributed by atoms with Crippen molar-refractivity contribution in [3.63, 3.8) is 0 Å². The van der Waals surface area contributed by atoms with Crippen LogP contribution in [0, 0.1) is 5.92 Å². The lowest BCUT2D eigenvalue weighted by atomic mass is 10.0. The third-order valence-corrected chi connectivity index (χ3v) is 5.82. The number of Topliss-reactive ketones (excluding diaryl/α,β-unsaturated/α-hetero) is 1. The van der Waals surface area contributed by atoms with Crippen molar-refractivity contribution in [3.05, 3.63) is 65.7 Å². The number of nitrogens with one attached hydrogen (secondary N) is 1. The summed E-state index contributed by atoms with van der Waals surface area (Å²) in [4.78, 5) is 26.6. The number of ketones is 1. The van der Waals surface area contributed by atoms with Crippen LogP contribution >= 0.6 is 0 Å². The fourth-order valence-electron chi connectivity index (χ4n) is 3.67. The lowest BCUT2D eigenvalue weighted by Gasteiger charge is -2.19. The number of rotatable bonds is 13. The normalized spacial score (nSPS) is 13.1. The van der Waals surface area contributed by atoms with Crippen molar-refractivity contribution in [2.75, 3.05) is 25.0 Å². The molecule has 0 spiro atoms. The molecule has 3 rings (SSSR count). The maximum Gasteiger partial charge on any atom is 0.220 e. The number of anilines is 1. The zero-order valence-corrected chi connectivity index (χ0v) is 18.1. The summed E-state index contributed by atoms with van der Waals surface area (Å²) in [5.74, 6) is 0.961. The van der Waals surface area contributed by atoms with Crippen LogP contribution in [-0.4, -0.2) is 31.8 Å². The van der Waals surface area contributed by atoms with Gasteiger partial charge in [-0.25, -0.2) is 0 Å². The molecule has 2 aromatic carbocycles. The molecule has 0 saturated heterocycles. The van der Waals surface area contributed by atoms with Gasteiger partial charge in [-0.15, -0.1) is 0 Å². The maximum atomic E-state index is 12.4. The summed E-state index contributed by atoms with van der Waals surface area (Å²) in [6.45, 7) is 1.50. The minimum Gasteiger partial charge on any atom is -0.375 e. The van der Waals surface area contributed by atoms with E-state index in [1.54, 1.807) is 0 Å². The van der Waals surface area contributed by atoms with E-state index in [2.05, 4.69) is 34.5 Å². The number of nitrogens with zero attached hydrogens (tertiary/aromatic N) is 1. The first kappa shape index (κ1) is 22.1. The fraction of sp³-hybridized carbons (Fsp3) is 0.462. The third-order valence-electron chi connectivity index (χ3n) is 5.82. The Balaban J connectivity index is 1.28.